The molecule has 1 aromatic carbocycles. The maximum atomic E-state index is 11.9. The van der Waals surface area contributed by atoms with E-state index in [0.717, 1.165) is 4.88 Å². The Labute approximate surface area is 132 Å². The van der Waals surface area contributed by atoms with Crippen molar-refractivity contribution in [1.82, 2.24) is 0 Å². The Bertz CT molecular complexity index is 627. The molecule has 0 aliphatic carbocycles. The summed E-state index contributed by atoms with van der Waals surface area (Å²) in [5.41, 5.74) is 0.113. The van der Waals surface area contributed by atoms with Crippen molar-refractivity contribution in [3.05, 3.63) is 59.8 Å². The molecule has 0 radical (unpaired) electrons. The Morgan fingerprint density at radius 1 is 1.40 bits per heavy atom. The Kier molecular flexibility index (Phi) is 5.07. The molecule has 7 heteroatoms. The number of benzene rings is 1. The zero-order chi connectivity index (χ0) is 14.5. The van der Waals surface area contributed by atoms with Crippen molar-refractivity contribution in [3.63, 3.8) is 0 Å². The van der Waals surface area contributed by atoms with Gasteiger partial charge in [0.05, 0.1) is 17.1 Å². The molecule has 5 nitrogen and oxygen atoms in total. The molecule has 1 heterocycles. The Morgan fingerprint density at radius 3 is 2.85 bits per heavy atom. The third-order valence-electron chi connectivity index (χ3n) is 2.54. The Balaban J connectivity index is 2.01. The van der Waals surface area contributed by atoms with Gasteiger partial charge >= 0.3 is 5.97 Å². The quantitative estimate of drug-likeness (QED) is 0.331. The number of rotatable bonds is 5. The highest BCUT2D eigenvalue weighted by atomic mass is 127. The van der Waals surface area contributed by atoms with Crippen LogP contribution < -0.4 is 0 Å². The highest BCUT2D eigenvalue weighted by molar-refractivity contribution is 14.1. The minimum Gasteiger partial charge on any atom is -0.462 e. The van der Waals surface area contributed by atoms with Crippen LogP contribution in [0.15, 0.2) is 35.7 Å². The van der Waals surface area contributed by atoms with E-state index in [9.17, 15) is 14.9 Å². The molecule has 0 saturated heterocycles. The van der Waals surface area contributed by atoms with Gasteiger partial charge in [-0.25, -0.2) is 4.79 Å². The van der Waals surface area contributed by atoms with E-state index in [0.29, 0.717) is 9.99 Å². The van der Waals surface area contributed by atoms with Crippen molar-refractivity contribution in [3.8, 4) is 0 Å². The number of ether oxygens (including phenoxy) is 1. The fourth-order valence-corrected chi connectivity index (χ4v) is 2.81. The van der Waals surface area contributed by atoms with Gasteiger partial charge in [-0.1, -0.05) is 6.07 Å². The number of thiophene rings is 1. The minimum absolute atomic E-state index is 0.115. The van der Waals surface area contributed by atoms with Gasteiger partial charge in [0.25, 0.3) is 5.69 Å². The van der Waals surface area contributed by atoms with Crippen LogP contribution in [-0.4, -0.2) is 17.5 Å². The van der Waals surface area contributed by atoms with Crippen LogP contribution in [0.5, 0.6) is 0 Å². The van der Waals surface area contributed by atoms with Crippen molar-refractivity contribution in [1.29, 1.82) is 0 Å². The summed E-state index contributed by atoms with van der Waals surface area (Å²) < 4.78 is 5.79. The first-order chi connectivity index (χ1) is 9.58. The lowest BCUT2D eigenvalue weighted by molar-refractivity contribution is -0.384. The zero-order valence-corrected chi connectivity index (χ0v) is 13.2. The van der Waals surface area contributed by atoms with Crippen molar-refractivity contribution >= 4 is 45.6 Å². The van der Waals surface area contributed by atoms with Crippen LogP contribution in [0.4, 0.5) is 5.69 Å². The number of hydrogen-bond acceptors (Lipinski definition) is 5. The molecule has 0 N–H and O–H groups in total. The highest BCUT2D eigenvalue weighted by Gasteiger charge is 2.16. The average molecular weight is 403 g/mol. The largest absolute Gasteiger partial charge is 0.462 e. The van der Waals surface area contributed by atoms with Crippen molar-refractivity contribution in [2.75, 3.05) is 6.61 Å². The molecule has 0 aliphatic rings. The third-order valence-corrected chi connectivity index (χ3v) is 4.42. The summed E-state index contributed by atoms with van der Waals surface area (Å²) in [6.07, 6.45) is 0.648. The predicted octanol–water partition coefficient (Wildman–Crippen LogP) is 3.66. The van der Waals surface area contributed by atoms with Crippen LogP contribution in [0.25, 0.3) is 0 Å². The second kappa shape index (κ2) is 6.80. The van der Waals surface area contributed by atoms with Crippen LogP contribution in [-0.2, 0) is 11.2 Å². The number of nitro groups is 1. The maximum absolute atomic E-state index is 11.9. The molecule has 0 bridgehead atoms. The van der Waals surface area contributed by atoms with Gasteiger partial charge in [-0.15, -0.1) is 11.3 Å². The van der Waals surface area contributed by atoms with Crippen LogP contribution in [0.1, 0.15) is 15.2 Å². The molecule has 104 valence electrons. The molecule has 0 amide bonds. The molecule has 0 aliphatic heterocycles. The lowest BCUT2D eigenvalue weighted by atomic mass is 10.2. The SMILES string of the molecule is O=C(OCCc1cccs1)c1cc([N+](=O)[O-])ccc1I. The van der Waals surface area contributed by atoms with Gasteiger partial charge in [-0.05, 0) is 40.1 Å². The molecule has 2 aromatic rings. The lowest BCUT2D eigenvalue weighted by Crippen LogP contribution is -2.10. The highest BCUT2D eigenvalue weighted by Crippen LogP contribution is 2.20. The van der Waals surface area contributed by atoms with Gasteiger partial charge in [0.1, 0.15) is 0 Å². The summed E-state index contributed by atoms with van der Waals surface area (Å²) in [4.78, 5) is 23.2. The number of halogens is 1. The summed E-state index contributed by atoms with van der Waals surface area (Å²) in [5, 5.41) is 12.7. The van der Waals surface area contributed by atoms with Gasteiger partial charge in [0.15, 0.2) is 0 Å². The molecule has 20 heavy (non-hydrogen) atoms. The Hall–Kier alpha value is -1.48. The topological polar surface area (TPSA) is 69.4 Å². The molecule has 1 aromatic heterocycles. The number of non-ortho nitro benzene ring substituents is 1. The van der Waals surface area contributed by atoms with E-state index in [-0.39, 0.29) is 17.9 Å². The van der Waals surface area contributed by atoms with Crippen LogP contribution in [0, 0.1) is 13.7 Å². The van der Waals surface area contributed by atoms with E-state index in [1.165, 1.54) is 18.2 Å². The molecular weight excluding hydrogens is 393 g/mol. The number of nitrogens with zero attached hydrogens (tertiary/aromatic N) is 1. The normalized spacial score (nSPS) is 10.2. The number of hydrogen-bond donors (Lipinski definition) is 0. The second-order valence-electron chi connectivity index (χ2n) is 3.89. The number of carbonyl (C=O) groups is 1. The summed E-state index contributed by atoms with van der Waals surface area (Å²) in [7, 11) is 0. The zero-order valence-electron chi connectivity index (χ0n) is 10.2. The molecule has 0 unspecified atom stereocenters. The lowest BCUT2D eigenvalue weighted by Gasteiger charge is -2.05. The van der Waals surface area contributed by atoms with E-state index in [1.54, 1.807) is 11.3 Å². The first-order valence-corrected chi connectivity index (χ1v) is 7.67. The first-order valence-electron chi connectivity index (χ1n) is 5.71. The third kappa shape index (κ3) is 3.76. The molecule has 0 atom stereocenters. The summed E-state index contributed by atoms with van der Waals surface area (Å²) in [5.74, 6) is -0.533. The van der Waals surface area contributed by atoms with Crippen LogP contribution in [0.2, 0.25) is 0 Å². The summed E-state index contributed by atoms with van der Waals surface area (Å²) in [6.45, 7) is 0.262. The molecular formula is C13H10INO4S. The monoisotopic (exact) mass is 403 g/mol. The molecule has 2 rings (SSSR count). The van der Waals surface area contributed by atoms with E-state index in [1.807, 2.05) is 40.1 Å². The van der Waals surface area contributed by atoms with Gasteiger partial charge < -0.3 is 4.74 Å². The minimum atomic E-state index is -0.533. The van der Waals surface area contributed by atoms with Gasteiger partial charge in [-0.2, -0.15) is 0 Å². The number of carbonyl (C=O) groups excluding carboxylic acids is 1. The summed E-state index contributed by atoms with van der Waals surface area (Å²) in [6, 6.07) is 8.05. The first kappa shape index (κ1) is 14.9. The van der Waals surface area contributed by atoms with E-state index < -0.39 is 10.9 Å². The average Bonchev–Trinajstić information content (AvgIpc) is 2.92. The maximum Gasteiger partial charge on any atom is 0.339 e. The predicted molar refractivity (Wildman–Crippen MR) is 84.1 cm³/mol. The fourth-order valence-electron chi connectivity index (χ4n) is 1.56. The van der Waals surface area contributed by atoms with Crippen molar-refractivity contribution < 1.29 is 14.5 Å². The number of esters is 1. The van der Waals surface area contributed by atoms with Crippen molar-refractivity contribution in [2.45, 2.75) is 6.42 Å². The fraction of sp³-hybridized carbons (Fsp3) is 0.154. The van der Waals surface area contributed by atoms with E-state index >= 15 is 0 Å². The van der Waals surface area contributed by atoms with E-state index in [2.05, 4.69) is 0 Å². The molecule has 0 fully saturated rings. The van der Waals surface area contributed by atoms with E-state index in [4.69, 9.17) is 4.74 Å². The van der Waals surface area contributed by atoms with Gasteiger partial charge in [-0.3, -0.25) is 10.1 Å². The Morgan fingerprint density at radius 2 is 2.20 bits per heavy atom. The van der Waals surface area contributed by atoms with Crippen molar-refractivity contribution in [2.24, 2.45) is 0 Å². The summed E-state index contributed by atoms with van der Waals surface area (Å²) >= 11 is 3.55. The van der Waals surface area contributed by atoms with Gasteiger partial charge in [0, 0.05) is 27.0 Å². The molecule has 0 saturated carbocycles. The number of nitro benzene ring substituents is 1. The second-order valence-corrected chi connectivity index (χ2v) is 6.08. The smallest absolute Gasteiger partial charge is 0.339 e. The standard InChI is InChI=1S/C13H10INO4S/c14-12-4-3-9(15(17)18)8-11(12)13(16)19-6-5-10-2-1-7-20-10/h1-4,7-8H,5-6H2. The van der Waals surface area contributed by atoms with Crippen LogP contribution >= 0.6 is 33.9 Å². The van der Waals surface area contributed by atoms with Crippen LogP contribution in [0.3, 0.4) is 0 Å². The van der Waals surface area contributed by atoms with Gasteiger partial charge in [0.2, 0.25) is 0 Å². The molecule has 0 spiro atoms.